The number of aliphatic hydroxyl groups excluding tert-OH is 1. The van der Waals surface area contributed by atoms with Gasteiger partial charge in [-0.05, 0) is 26.1 Å². The zero-order valence-electron chi connectivity index (χ0n) is 9.63. The fourth-order valence-electron chi connectivity index (χ4n) is 1.45. The summed E-state index contributed by atoms with van der Waals surface area (Å²) >= 11 is 0. The van der Waals surface area contributed by atoms with Crippen molar-refractivity contribution in [2.24, 2.45) is 5.92 Å². The van der Waals surface area contributed by atoms with Gasteiger partial charge >= 0.3 is 0 Å². The zero-order valence-corrected chi connectivity index (χ0v) is 9.63. The minimum absolute atomic E-state index is 0.0988. The molecule has 0 fully saturated rings. The standard InChI is InChI=1S/C11H18N2O3/c1-11(2,15)10(7-14)16-8-13-4-3-9(5-12)6-13/h3-4,9-10,14-15H,6-8H2,1-2H3. The Kier molecular flexibility index (Phi) is 4.30. The largest absolute Gasteiger partial charge is 0.394 e. The molecule has 0 saturated heterocycles. The molecule has 1 rings (SSSR count). The molecule has 5 nitrogen and oxygen atoms in total. The smallest absolute Gasteiger partial charge is 0.119 e. The Morgan fingerprint density at radius 2 is 2.38 bits per heavy atom. The van der Waals surface area contributed by atoms with Crippen molar-refractivity contribution in [3.05, 3.63) is 12.3 Å². The highest BCUT2D eigenvalue weighted by atomic mass is 16.5. The van der Waals surface area contributed by atoms with Crippen LogP contribution in [0.3, 0.4) is 0 Å². The maximum absolute atomic E-state index is 9.68. The summed E-state index contributed by atoms with van der Waals surface area (Å²) < 4.78 is 5.40. The molecular formula is C11H18N2O3. The Bertz CT molecular complexity index is 291. The molecular weight excluding hydrogens is 208 g/mol. The van der Waals surface area contributed by atoms with Crippen LogP contribution in [-0.2, 0) is 4.74 Å². The number of aliphatic hydroxyl groups is 2. The summed E-state index contributed by atoms with van der Waals surface area (Å²) in [5, 5.41) is 27.4. The minimum Gasteiger partial charge on any atom is -0.394 e. The van der Waals surface area contributed by atoms with Gasteiger partial charge in [-0.1, -0.05) is 0 Å². The Morgan fingerprint density at radius 3 is 2.81 bits per heavy atom. The lowest BCUT2D eigenvalue weighted by Crippen LogP contribution is -2.42. The average Bonchev–Trinajstić information content (AvgIpc) is 2.64. The molecule has 0 radical (unpaired) electrons. The van der Waals surface area contributed by atoms with Crippen LogP contribution in [0.4, 0.5) is 0 Å². The van der Waals surface area contributed by atoms with Crippen LogP contribution in [0.25, 0.3) is 0 Å². The molecule has 0 aromatic carbocycles. The molecule has 0 bridgehead atoms. The van der Waals surface area contributed by atoms with Crippen LogP contribution in [0.2, 0.25) is 0 Å². The van der Waals surface area contributed by atoms with Crippen molar-refractivity contribution in [1.82, 2.24) is 4.90 Å². The van der Waals surface area contributed by atoms with Gasteiger partial charge in [0.25, 0.3) is 0 Å². The van der Waals surface area contributed by atoms with Crippen molar-refractivity contribution in [3.63, 3.8) is 0 Å². The molecule has 0 amide bonds. The van der Waals surface area contributed by atoms with E-state index >= 15 is 0 Å². The lowest BCUT2D eigenvalue weighted by Gasteiger charge is -2.29. The minimum atomic E-state index is -1.08. The zero-order chi connectivity index (χ0) is 12.2. The molecule has 1 heterocycles. The summed E-state index contributed by atoms with van der Waals surface area (Å²) in [6, 6.07) is 2.14. The predicted octanol–water partition coefficient (Wildman–Crippen LogP) is 0.0614. The molecule has 0 aromatic heterocycles. The van der Waals surface area contributed by atoms with E-state index in [4.69, 9.17) is 15.1 Å². The van der Waals surface area contributed by atoms with Crippen molar-refractivity contribution in [2.75, 3.05) is 19.9 Å². The third-order valence-corrected chi connectivity index (χ3v) is 2.52. The number of nitriles is 1. The molecule has 2 unspecified atom stereocenters. The van der Waals surface area contributed by atoms with Crippen molar-refractivity contribution in [2.45, 2.75) is 25.6 Å². The Labute approximate surface area is 95.5 Å². The summed E-state index contributed by atoms with van der Waals surface area (Å²) in [4.78, 5) is 1.84. The molecule has 0 aromatic rings. The molecule has 5 heteroatoms. The average molecular weight is 226 g/mol. The van der Waals surface area contributed by atoms with Crippen molar-refractivity contribution in [1.29, 1.82) is 5.26 Å². The molecule has 0 aliphatic carbocycles. The lowest BCUT2D eigenvalue weighted by atomic mass is 10.0. The molecule has 2 N–H and O–H groups in total. The molecule has 2 atom stereocenters. The normalized spacial score (nSPS) is 22.2. The molecule has 16 heavy (non-hydrogen) atoms. The van der Waals surface area contributed by atoms with Crippen molar-refractivity contribution in [3.8, 4) is 6.07 Å². The van der Waals surface area contributed by atoms with Crippen LogP contribution in [0.15, 0.2) is 12.3 Å². The summed E-state index contributed by atoms with van der Waals surface area (Å²) in [6.45, 7) is 3.81. The molecule has 90 valence electrons. The highest BCUT2D eigenvalue weighted by molar-refractivity contribution is 5.06. The van der Waals surface area contributed by atoms with Gasteiger partial charge in [0, 0.05) is 6.54 Å². The SMILES string of the molecule is CC(C)(O)C(CO)OCN1C=CC(C#N)C1. The second-order valence-electron chi connectivity index (χ2n) is 4.47. The first kappa shape index (κ1) is 13.0. The number of hydrogen-bond acceptors (Lipinski definition) is 5. The van der Waals surface area contributed by atoms with E-state index in [0.29, 0.717) is 6.54 Å². The summed E-state index contributed by atoms with van der Waals surface area (Å²) in [5.74, 6) is -0.0988. The van der Waals surface area contributed by atoms with E-state index < -0.39 is 11.7 Å². The topological polar surface area (TPSA) is 76.7 Å². The highest BCUT2D eigenvalue weighted by Gasteiger charge is 2.27. The van der Waals surface area contributed by atoms with Gasteiger partial charge in [-0.2, -0.15) is 5.26 Å². The monoisotopic (exact) mass is 226 g/mol. The fourth-order valence-corrected chi connectivity index (χ4v) is 1.45. The van der Waals surface area contributed by atoms with E-state index in [2.05, 4.69) is 6.07 Å². The quantitative estimate of drug-likeness (QED) is 0.693. The third-order valence-electron chi connectivity index (χ3n) is 2.52. The van der Waals surface area contributed by atoms with Crippen LogP contribution in [-0.4, -0.2) is 46.7 Å². The third kappa shape index (κ3) is 3.49. The number of rotatable bonds is 5. The van der Waals surface area contributed by atoms with E-state index in [9.17, 15) is 5.11 Å². The van der Waals surface area contributed by atoms with Gasteiger partial charge in [0.15, 0.2) is 0 Å². The van der Waals surface area contributed by atoms with Gasteiger partial charge in [0.2, 0.25) is 0 Å². The van der Waals surface area contributed by atoms with Gasteiger partial charge in [-0.3, -0.25) is 0 Å². The van der Waals surface area contributed by atoms with E-state index in [0.717, 1.165) is 0 Å². The number of nitrogens with zero attached hydrogens (tertiary/aromatic N) is 2. The van der Waals surface area contributed by atoms with Crippen LogP contribution in [0, 0.1) is 17.2 Å². The van der Waals surface area contributed by atoms with E-state index in [-0.39, 0.29) is 19.3 Å². The van der Waals surface area contributed by atoms with Crippen LogP contribution in [0.1, 0.15) is 13.8 Å². The first-order valence-corrected chi connectivity index (χ1v) is 5.24. The maximum Gasteiger partial charge on any atom is 0.119 e. The van der Waals surface area contributed by atoms with Gasteiger partial charge < -0.3 is 19.8 Å². The molecule has 1 aliphatic rings. The summed E-state index contributed by atoms with van der Waals surface area (Å²) in [7, 11) is 0. The van der Waals surface area contributed by atoms with E-state index in [1.165, 1.54) is 0 Å². The maximum atomic E-state index is 9.68. The van der Waals surface area contributed by atoms with Crippen LogP contribution in [0.5, 0.6) is 0 Å². The Morgan fingerprint density at radius 1 is 1.69 bits per heavy atom. The van der Waals surface area contributed by atoms with Crippen molar-refractivity contribution < 1.29 is 14.9 Å². The summed E-state index contributed by atoms with van der Waals surface area (Å²) in [5.41, 5.74) is -1.08. The van der Waals surface area contributed by atoms with Gasteiger partial charge in [-0.15, -0.1) is 0 Å². The van der Waals surface area contributed by atoms with Gasteiger partial charge in [0.05, 0.1) is 24.2 Å². The summed E-state index contributed by atoms with van der Waals surface area (Å²) in [6.07, 6.45) is 2.98. The second kappa shape index (κ2) is 5.30. The fraction of sp³-hybridized carbons (Fsp3) is 0.727. The highest BCUT2D eigenvalue weighted by Crippen LogP contribution is 2.15. The molecule has 1 aliphatic heterocycles. The lowest BCUT2D eigenvalue weighted by molar-refractivity contribution is -0.127. The second-order valence-corrected chi connectivity index (χ2v) is 4.47. The predicted molar refractivity (Wildman–Crippen MR) is 58.1 cm³/mol. The molecule has 0 spiro atoms. The van der Waals surface area contributed by atoms with Gasteiger partial charge in [-0.25, -0.2) is 0 Å². The Hall–Kier alpha value is -1.09. The number of hydrogen-bond donors (Lipinski definition) is 2. The number of ether oxygens (including phenoxy) is 1. The van der Waals surface area contributed by atoms with Crippen LogP contribution < -0.4 is 0 Å². The van der Waals surface area contributed by atoms with E-state index in [1.54, 1.807) is 26.1 Å². The first-order valence-electron chi connectivity index (χ1n) is 5.24. The van der Waals surface area contributed by atoms with Gasteiger partial charge in [0.1, 0.15) is 12.8 Å². The van der Waals surface area contributed by atoms with Crippen LogP contribution >= 0.6 is 0 Å². The first-order chi connectivity index (χ1) is 7.47. The molecule has 0 saturated carbocycles. The van der Waals surface area contributed by atoms with E-state index in [1.807, 2.05) is 4.90 Å². The Balaban J connectivity index is 2.35. The van der Waals surface area contributed by atoms with Crippen molar-refractivity contribution >= 4 is 0 Å².